The van der Waals surface area contributed by atoms with Gasteiger partial charge in [-0.15, -0.1) is 5.10 Å². The van der Waals surface area contributed by atoms with Crippen LogP contribution in [0.1, 0.15) is 31.2 Å². The third-order valence-electron chi connectivity index (χ3n) is 3.61. The number of benzene rings is 1. The van der Waals surface area contributed by atoms with Gasteiger partial charge in [-0.1, -0.05) is 24.9 Å². The number of fused-ring (bicyclic) bond motifs is 1. The van der Waals surface area contributed by atoms with Crippen LogP contribution in [0.4, 0.5) is 0 Å². The number of tetrazole rings is 1. The van der Waals surface area contributed by atoms with E-state index in [1.807, 2.05) is 0 Å². The molecule has 0 fully saturated rings. The normalized spacial score (nSPS) is 13.0. The van der Waals surface area contributed by atoms with Gasteiger partial charge in [0.15, 0.2) is 12.4 Å². The molecule has 0 saturated carbocycles. The number of aromatic nitrogens is 4. The second kappa shape index (κ2) is 7.44. The molecule has 8 heteroatoms. The van der Waals surface area contributed by atoms with Crippen LogP contribution in [0.5, 0.6) is 5.75 Å². The van der Waals surface area contributed by atoms with Crippen LogP contribution >= 0.6 is 11.6 Å². The van der Waals surface area contributed by atoms with Gasteiger partial charge in [-0.25, -0.2) is 9.48 Å². The lowest BCUT2D eigenvalue weighted by atomic mass is 10.1. The summed E-state index contributed by atoms with van der Waals surface area (Å²) in [5, 5.41) is 12.0. The van der Waals surface area contributed by atoms with Gasteiger partial charge in [0.05, 0.1) is 5.57 Å². The molecule has 0 amide bonds. The summed E-state index contributed by atoms with van der Waals surface area (Å²) >= 11 is 5.97. The van der Waals surface area contributed by atoms with Crippen LogP contribution in [-0.2, 0) is 22.7 Å². The Labute approximate surface area is 144 Å². The van der Waals surface area contributed by atoms with E-state index in [-0.39, 0.29) is 13.2 Å². The molecule has 7 nitrogen and oxygen atoms in total. The topological polar surface area (TPSA) is 79.1 Å². The molecule has 1 aromatic heterocycles. The van der Waals surface area contributed by atoms with Gasteiger partial charge in [0.25, 0.3) is 0 Å². The van der Waals surface area contributed by atoms with Crippen molar-refractivity contribution in [1.29, 1.82) is 0 Å². The summed E-state index contributed by atoms with van der Waals surface area (Å²) in [4.78, 5) is 12.2. The third kappa shape index (κ3) is 3.73. The number of nitrogens with zero attached hydrogens (tertiary/aromatic N) is 4. The van der Waals surface area contributed by atoms with E-state index in [1.165, 1.54) is 0 Å². The van der Waals surface area contributed by atoms with Crippen molar-refractivity contribution in [1.82, 2.24) is 20.2 Å². The Balaban J connectivity index is 1.65. The Kier molecular flexibility index (Phi) is 5.10. The maximum Gasteiger partial charge on any atom is 0.337 e. The van der Waals surface area contributed by atoms with Gasteiger partial charge < -0.3 is 9.47 Å². The van der Waals surface area contributed by atoms with Gasteiger partial charge >= 0.3 is 5.97 Å². The van der Waals surface area contributed by atoms with Gasteiger partial charge in [-0.3, -0.25) is 0 Å². The maximum atomic E-state index is 12.2. The Morgan fingerprint density at radius 3 is 3.17 bits per heavy atom. The molecule has 3 rings (SSSR count). The quantitative estimate of drug-likeness (QED) is 0.747. The van der Waals surface area contributed by atoms with Crippen LogP contribution in [0.3, 0.4) is 0 Å². The van der Waals surface area contributed by atoms with Crippen LogP contribution in [0.25, 0.3) is 6.08 Å². The molecule has 0 unspecified atom stereocenters. The number of hydrogen-bond acceptors (Lipinski definition) is 6. The largest absolute Gasteiger partial charge is 0.488 e. The molecule has 0 atom stereocenters. The molecule has 0 saturated heterocycles. The molecular weight excluding hydrogens is 332 g/mol. The number of halogens is 1. The maximum absolute atomic E-state index is 12.2. The van der Waals surface area contributed by atoms with Crippen molar-refractivity contribution < 1.29 is 14.3 Å². The SMILES string of the molecule is CCCCn1nnnc1COC(=O)C1=Cc2cc(Cl)ccc2OC1. The van der Waals surface area contributed by atoms with Crippen molar-refractivity contribution in [3.63, 3.8) is 0 Å². The molecule has 1 aromatic carbocycles. The first-order valence-electron chi connectivity index (χ1n) is 7.72. The Morgan fingerprint density at radius 2 is 2.33 bits per heavy atom. The highest BCUT2D eigenvalue weighted by Crippen LogP contribution is 2.29. The third-order valence-corrected chi connectivity index (χ3v) is 3.84. The van der Waals surface area contributed by atoms with Crippen molar-refractivity contribution in [2.75, 3.05) is 6.61 Å². The summed E-state index contributed by atoms with van der Waals surface area (Å²) in [6.45, 7) is 2.97. The molecule has 0 N–H and O–H groups in total. The lowest BCUT2D eigenvalue weighted by molar-refractivity contribution is -0.140. The van der Waals surface area contributed by atoms with Crippen LogP contribution in [0.15, 0.2) is 23.8 Å². The van der Waals surface area contributed by atoms with E-state index in [1.54, 1.807) is 29.0 Å². The first-order valence-corrected chi connectivity index (χ1v) is 8.10. The lowest BCUT2D eigenvalue weighted by Gasteiger charge is -2.17. The number of hydrogen-bond donors (Lipinski definition) is 0. The van der Waals surface area contributed by atoms with Crippen molar-refractivity contribution in [2.45, 2.75) is 32.9 Å². The molecule has 1 aliphatic heterocycles. The Hall–Kier alpha value is -2.41. The number of carbonyl (C=O) groups excluding carboxylic acids is 1. The predicted octanol–water partition coefficient (Wildman–Crippen LogP) is 2.65. The fraction of sp³-hybridized carbons (Fsp3) is 0.375. The Bertz CT molecular complexity index is 772. The highest BCUT2D eigenvalue weighted by Gasteiger charge is 2.19. The van der Waals surface area contributed by atoms with E-state index in [2.05, 4.69) is 22.4 Å². The summed E-state index contributed by atoms with van der Waals surface area (Å²) in [6.07, 6.45) is 3.72. The number of rotatable bonds is 6. The number of unbranched alkanes of at least 4 members (excludes halogenated alkanes) is 1. The monoisotopic (exact) mass is 348 g/mol. The molecule has 0 spiro atoms. The number of aryl methyl sites for hydroxylation is 1. The molecule has 2 heterocycles. The minimum absolute atomic E-state index is 0.0231. The average Bonchev–Trinajstić information content (AvgIpc) is 3.04. The fourth-order valence-electron chi connectivity index (χ4n) is 2.30. The fourth-order valence-corrected chi connectivity index (χ4v) is 2.48. The van der Waals surface area contributed by atoms with Gasteiger partial charge in [-0.2, -0.15) is 0 Å². The van der Waals surface area contributed by atoms with Crippen LogP contribution in [-0.4, -0.2) is 32.8 Å². The number of esters is 1. The highest BCUT2D eigenvalue weighted by atomic mass is 35.5. The van der Waals surface area contributed by atoms with E-state index in [9.17, 15) is 4.79 Å². The van der Waals surface area contributed by atoms with Gasteiger partial charge in [-0.05, 0) is 41.1 Å². The second-order valence-corrected chi connectivity index (χ2v) is 5.82. The second-order valence-electron chi connectivity index (χ2n) is 5.39. The molecule has 2 aromatic rings. The first kappa shape index (κ1) is 16.4. The number of carbonyl (C=O) groups is 1. The summed E-state index contributed by atoms with van der Waals surface area (Å²) in [6, 6.07) is 5.26. The zero-order valence-corrected chi connectivity index (χ0v) is 14.0. The predicted molar refractivity (Wildman–Crippen MR) is 87.4 cm³/mol. The summed E-state index contributed by atoms with van der Waals surface area (Å²) in [7, 11) is 0. The molecule has 1 aliphatic rings. The molecule has 0 bridgehead atoms. The van der Waals surface area contributed by atoms with E-state index >= 15 is 0 Å². The minimum atomic E-state index is -0.453. The van der Waals surface area contributed by atoms with E-state index < -0.39 is 5.97 Å². The minimum Gasteiger partial charge on any atom is -0.488 e. The zero-order valence-electron chi connectivity index (χ0n) is 13.2. The van der Waals surface area contributed by atoms with Gasteiger partial charge in [0.2, 0.25) is 0 Å². The first-order chi connectivity index (χ1) is 11.7. The van der Waals surface area contributed by atoms with Crippen LogP contribution in [0.2, 0.25) is 5.02 Å². The standard InChI is InChI=1S/C16H17ClN4O3/c1-2-3-6-21-15(18-19-20-21)10-24-16(22)12-7-11-8-13(17)4-5-14(11)23-9-12/h4-5,7-8H,2-3,6,9-10H2,1H3. The average molecular weight is 349 g/mol. The summed E-state index contributed by atoms with van der Waals surface area (Å²) in [5.74, 6) is 0.766. The van der Waals surface area contributed by atoms with Crippen LogP contribution < -0.4 is 4.74 Å². The molecule has 126 valence electrons. The molecule has 24 heavy (non-hydrogen) atoms. The molecule has 0 radical (unpaired) electrons. The smallest absolute Gasteiger partial charge is 0.337 e. The highest BCUT2D eigenvalue weighted by molar-refractivity contribution is 6.30. The lowest BCUT2D eigenvalue weighted by Crippen LogP contribution is -2.18. The van der Waals surface area contributed by atoms with Gasteiger partial charge in [0.1, 0.15) is 12.4 Å². The van der Waals surface area contributed by atoms with Crippen molar-refractivity contribution >= 4 is 23.6 Å². The van der Waals surface area contributed by atoms with Crippen molar-refractivity contribution in [3.05, 3.63) is 40.2 Å². The van der Waals surface area contributed by atoms with E-state index in [0.717, 1.165) is 18.4 Å². The van der Waals surface area contributed by atoms with E-state index in [4.69, 9.17) is 21.1 Å². The van der Waals surface area contributed by atoms with E-state index in [0.29, 0.717) is 28.7 Å². The Morgan fingerprint density at radius 1 is 1.46 bits per heavy atom. The molecule has 0 aliphatic carbocycles. The van der Waals surface area contributed by atoms with Crippen LogP contribution in [0, 0.1) is 0 Å². The van der Waals surface area contributed by atoms with Crippen molar-refractivity contribution in [2.24, 2.45) is 0 Å². The molecular formula is C16H17ClN4O3. The summed E-state index contributed by atoms with van der Waals surface area (Å²) in [5.41, 5.74) is 1.19. The summed E-state index contributed by atoms with van der Waals surface area (Å²) < 4.78 is 12.5. The zero-order chi connectivity index (χ0) is 16.9. The van der Waals surface area contributed by atoms with Gasteiger partial charge in [0, 0.05) is 17.1 Å². The van der Waals surface area contributed by atoms with Crippen molar-refractivity contribution in [3.8, 4) is 5.75 Å². The number of ether oxygens (including phenoxy) is 2.